The van der Waals surface area contributed by atoms with Crippen molar-refractivity contribution in [3.8, 4) is 0 Å². The number of sulfone groups is 1. The van der Waals surface area contributed by atoms with Gasteiger partial charge in [-0.3, -0.25) is 0 Å². The summed E-state index contributed by atoms with van der Waals surface area (Å²) in [6.07, 6.45) is 1.65. The Labute approximate surface area is 140 Å². The van der Waals surface area contributed by atoms with Crippen LogP contribution in [0.15, 0.2) is 0 Å². The maximum absolute atomic E-state index is 11.9. The molecule has 0 N–H and O–H groups in total. The van der Waals surface area contributed by atoms with Gasteiger partial charge in [0, 0.05) is 32.7 Å². The lowest BCUT2D eigenvalue weighted by molar-refractivity contribution is 0.0557. The molecule has 2 saturated heterocycles. The topological polar surface area (TPSA) is 66.9 Å². The Hall–Kier alpha value is -0.820. The second-order valence-electron chi connectivity index (χ2n) is 7.45. The number of carbonyl (C=O) groups excluding carboxylic acids is 1. The molecule has 23 heavy (non-hydrogen) atoms. The van der Waals surface area contributed by atoms with E-state index in [1.165, 1.54) is 0 Å². The van der Waals surface area contributed by atoms with Crippen LogP contribution in [0.4, 0.5) is 4.79 Å². The van der Waals surface area contributed by atoms with E-state index >= 15 is 0 Å². The minimum Gasteiger partial charge on any atom is -0.450 e. The summed E-state index contributed by atoms with van der Waals surface area (Å²) >= 11 is 0. The maximum Gasteiger partial charge on any atom is 0.409 e. The maximum atomic E-state index is 11.9. The van der Waals surface area contributed by atoms with E-state index in [2.05, 4.69) is 11.8 Å². The molecule has 0 unspecified atom stereocenters. The lowest BCUT2D eigenvalue weighted by atomic mass is 9.80. The highest BCUT2D eigenvalue weighted by Gasteiger charge is 2.35. The van der Waals surface area contributed by atoms with E-state index in [0.717, 1.165) is 39.0 Å². The fourth-order valence-corrected chi connectivity index (χ4v) is 5.33. The summed E-state index contributed by atoms with van der Waals surface area (Å²) in [7, 11) is -2.90. The molecule has 0 bridgehead atoms. The average molecular weight is 346 g/mol. The van der Waals surface area contributed by atoms with Crippen LogP contribution in [-0.4, -0.2) is 75.1 Å². The number of amides is 1. The van der Waals surface area contributed by atoms with E-state index in [0.29, 0.717) is 18.9 Å². The molecule has 0 aromatic heterocycles. The van der Waals surface area contributed by atoms with Gasteiger partial charge in [0.05, 0.1) is 18.1 Å². The Morgan fingerprint density at radius 2 is 1.91 bits per heavy atom. The first-order chi connectivity index (χ1) is 10.7. The summed E-state index contributed by atoms with van der Waals surface area (Å²) in [5, 5.41) is 0. The van der Waals surface area contributed by atoms with Crippen molar-refractivity contribution in [2.75, 3.05) is 50.8 Å². The number of piperidine rings is 1. The van der Waals surface area contributed by atoms with Crippen molar-refractivity contribution in [2.24, 2.45) is 11.3 Å². The molecule has 6 nitrogen and oxygen atoms in total. The fraction of sp³-hybridized carbons (Fsp3) is 0.938. The average Bonchev–Trinajstić information content (AvgIpc) is 2.57. The fourth-order valence-electron chi connectivity index (χ4n) is 3.66. The van der Waals surface area contributed by atoms with Gasteiger partial charge in [-0.15, -0.1) is 0 Å². The van der Waals surface area contributed by atoms with Crippen molar-refractivity contribution in [1.29, 1.82) is 0 Å². The molecule has 0 saturated carbocycles. The molecule has 0 aliphatic carbocycles. The van der Waals surface area contributed by atoms with Gasteiger partial charge in [0.15, 0.2) is 9.84 Å². The number of nitrogens with zero attached hydrogens (tertiary/aromatic N) is 2. The Balaban J connectivity index is 1.89. The Morgan fingerprint density at radius 1 is 1.26 bits per heavy atom. The third-order valence-corrected chi connectivity index (χ3v) is 6.81. The number of ether oxygens (including phenoxy) is 1. The first-order valence-electron chi connectivity index (χ1n) is 8.57. The van der Waals surface area contributed by atoms with Gasteiger partial charge >= 0.3 is 6.09 Å². The molecule has 2 heterocycles. The van der Waals surface area contributed by atoms with E-state index in [4.69, 9.17) is 4.74 Å². The molecule has 7 heteroatoms. The molecule has 2 aliphatic heterocycles. The standard InChI is InChI=1S/C16H30N2O4S/c1-4-22-15(19)18-7-5-16(3,6-8-18)13-17-9-10-23(20,21)12-14(2)11-17/h14H,4-13H2,1-3H3/t14-/m0/s1. The van der Waals surface area contributed by atoms with Crippen LogP contribution < -0.4 is 0 Å². The molecule has 0 radical (unpaired) electrons. The minimum atomic E-state index is -2.90. The van der Waals surface area contributed by atoms with Gasteiger partial charge in [-0.05, 0) is 31.1 Å². The van der Waals surface area contributed by atoms with Gasteiger partial charge in [-0.1, -0.05) is 13.8 Å². The lowest BCUT2D eigenvalue weighted by Gasteiger charge is -2.41. The molecule has 0 aromatic carbocycles. The van der Waals surface area contributed by atoms with Crippen LogP contribution in [0, 0.1) is 11.3 Å². The number of hydrogen-bond donors (Lipinski definition) is 0. The predicted octanol–water partition coefficient (Wildman–Crippen LogP) is 1.61. The highest BCUT2D eigenvalue weighted by molar-refractivity contribution is 7.91. The zero-order valence-electron chi connectivity index (χ0n) is 14.6. The van der Waals surface area contributed by atoms with Crippen molar-refractivity contribution < 1.29 is 17.9 Å². The Morgan fingerprint density at radius 3 is 2.52 bits per heavy atom. The van der Waals surface area contributed by atoms with Crippen molar-refractivity contribution in [1.82, 2.24) is 9.80 Å². The second-order valence-corrected chi connectivity index (χ2v) is 9.68. The van der Waals surface area contributed by atoms with Gasteiger partial charge in [0.1, 0.15) is 0 Å². The molecular weight excluding hydrogens is 316 g/mol. The molecule has 1 atom stereocenters. The summed E-state index contributed by atoms with van der Waals surface area (Å²) in [4.78, 5) is 15.9. The van der Waals surface area contributed by atoms with E-state index in [9.17, 15) is 13.2 Å². The largest absolute Gasteiger partial charge is 0.450 e. The van der Waals surface area contributed by atoms with Gasteiger partial charge in [-0.2, -0.15) is 0 Å². The Bertz CT molecular complexity index is 512. The quantitative estimate of drug-likeness (QED) is 0.777. The highest BCUT2D eigenvalue weighted by Crippen LogP contribution is 2.32. The molecular formula is C16H30N2O4S. The summed E-state index contributed by atoms with van der Waals surface area (Å²) in [5.41, 5.74) is 0.136. The van der Waals surface area contributed by atoms with Crippen LogP contribution >= 0.6 is 0 Å². The highest BCUT2D eigenvalue weighted by atomic mass is 32.2. The third-order valence-electron chi connectivity index (χ3n) is 4.93. The minimum absolute atomic E-state index is 0.136. The lowest BCUT2D eigenvalue weighted by Crippen LogP contribution is -2.47. The molecule has 2 aliphatic rings. The number of rotatable bonds is 3. The first kappa shape index (κ1) is 18.5. The number of hydrogen-bond acceptors (Lipinski definition) is 5. The van der Waals surface area contributed by atoms with E-state index in [1.54, 1.807) is 4.90 Å². The first-order valence-corrected chi connectivity index (χ1v) is 10.4. The van der Waals surface area contributed by atoms with Crippen LogP contribution in [0.25, 0.3) is 0 Å². The van der Waals surface area contributed by atoms with Gasteiger partial charge in [0.2, 0.25) is 0 Å². The van der Waals surface area contributed by atoms with Crippen LogP contribution in [0.2, 0.25) is 0 Å². The number of carbonyl (C=O) groups is 1. The molecule has 2 rings (SSSR count). The SMILES string of the molecule is CCOC(=O)N1CCC(C)(CN2CCS(=O)(=O)C[C@@H](C)C2)CC1. The van der Waals surface area contributed by atoms with Crippen LogP contribution in [-0.2, 0) is 14.6 Å². The Kier molecular flexibility index (Phi) is 5.94. The van der Waals surface area contributed by atoms with Crippen molar-refractivity contribution in [2.45, 2.75) is 33.6 Å². The molecule has 0 aromatic rings. The molecule has 0 spiro atoms. The third kappa shape index (κ3) is 5.35. The zero-order valence-corrected chi connectivity index (χ0v) is 15.4. The van der Waals surface area contributed by atoms with Crippen LogP contribution in [0.5, 0.6) is 0 Å². The summed E-state index contributed by atoms with van der Waals surface area (Å²) in [5.74, 6) is 0.755. The monoisotopic (exact) mass is 346 g/mol. The summed E-state index contributed by atoms with van der Waals surface area (Å²) < 4.78 is 28.8. The van der Waals surface area contributed by atoms with Crippen molar-refractivity contribution in [3.63, 3.8) is 0 Å². The number of likely N-dealkylation sites (tertiary alicyclic amines) is 1. The van der Waals surface area contributed by atoms with Crippen LogP contribution in [0.3, 0.4) is 0 Å². The van der Waals surface area contributed by atoms with Gasteiger partial charge in [0.25, 0.3) is 0 Å². The van der Waals surface area contributed by atoms with Gasteiger partial charge < -0.3 is 14.5 Å². The van der Waals surface area contributed by atoms with Crippen molar-refractivity contribution >= 4 is 15.9 Å². The van der Waals surface area contributed by atoms with E-state index in [-0.39, 0.29) is 23.2 Å². The molecule has 2 fully saturated rings. The summed E-state index contributed by atoms with van der Waals surface area (Å²) in [6, 6.07) is 0. The summed E-state index contributed by atoms with van der Waals surface area (Å²) in [6.45, 7) is 10.3. The second kappa shape index (κ2) is 7.38. The predicted molar refractivity (Wildman–Crippen MR) is 90.2 cm³/mol. The van der Waals surface area contributed by atoms with Crippen molar-refractivity contribution in [3.05, 3.63) is 0 Å². The van der Waals surface area contributed by atoms with E-state index in [1.807, 2.05) is 13.8 Å². The van der Waals surface area contributed by atoms with Crippen LogP contribution in [0.1, 0.15) is 33.6 Å². The molecule has 134 valence electrons. The smallest absolute Gasteiger partial charge is 0.409 e. The normalized spacial score (nSPS) is 28.1. The molecule has 1 amide bonds. The van der Waals surface area contributed by atoms with E-state index < -0.39 is 9.84 Å². The zero-order chi connectivity index (χ0) is 17.1. The van der Waals surface area contributed by atoms with Gasteiger partial charge in [-0.25, -0.2) is 13.2 Å².